The maximum Gasteiger partial charge on any atom is 0.0392 e. The van der Waals surface area contributed by atoms with Gasteiger partial charge >= 0.3 is 0 Å². The van der Waals surface area contributed by atoms with Crippen LogP contribution >= 0.6 is 11.8 Å². The average molecular weight is 222 g/mol. The van der Waals surface area contributed by atoms with Crippen LogP contribution in [0.3, 0.4) is 0 Å². The van der Waals surface area contributed by atoms with Gasteiger partial charge < -0.3 is 10.6 Å². The molecule has 1 fully saturated rings. The Hall–Kier alpha value is -0.830. The van der Waals surface area contributed by atoms with E-state index in [4.69, 9.17) is 5.73 Å². The fraction of sp³-hybridized carbons (Fsp3) is 0.500. The number of aryl methyl sites for hydroxylation is 1. The largest absolute Gasteiger partial charge is 0.399 e. The molecule has 2 nitrogen and oxygen atoms in total. The predicted molar refractivity (Wildman–Crippen MR) is 69.7 cm³/mol. The van der Waals surface area contributed by atoms with E-state index in [0.29, 0.717) is 6.04 Å². The van der Waals surface area contributed by atoms with E-state index in [1.807, 2.05) is 17.8 Å². The summed E-state index contributed by atoms with van der Waals surface area (Å²) in [6.45, 7) is 5.52. The molecule has 3 heteroatoms. The summed E-state index contributed by atoms with van der Waals surface area (Å²) in [5.74, 6) is 2.44. The Morgan fingerprint density at radius 3 is 2.87 bits per heavy atom. The molecule has 0 amide bonds. The molecule has 1 heterocycles. The van der Waals surface area contributed by atoms with E-state index in [0.717, 1.165) is 12.2 Å². The molecule has 2 N–H and O–H groups in total. The lowest BCUT2D eigenvalue weighted by Crippen LogP contribution is -2.40. The number of hydrogen-bond donors (Lipinski definition) is 1. The molecule has 1 aromatic rings. The lowest BCUT2D eigenvalue weighted by atomic mass is 10.1. The van der Waals surface area contributed by atoms with Crippen molar-refractivity contribution in [1.29, 1.82) is 0 Å². The Balaban J connectivity index is 2.27. The Kier molecular flexibility index (Phi) is 3.10. The first kappa shape index (κ1) is 10.7. The van der Waals surface area contributed by atoms with Gasteiger partial charge in [-0.25, -0.2) is 0 Å². The van der Waals surface area contributed by atoms with Gasteiger partial charge in [0.05, 0.1) is 0 Å². The zero-order chi connectivity index (χ0) is 10.8. The van der Waals surface area contributed by atoms with Crippen molar-refractivity contribution in [2.45, 2.75) is 19.9 Å². The van der Waals surface area contributed by atoms with Gasteiger partial charge in [-0.2, -0.15) is 11.8 Å². The fourth-order valence-electron chi connectivity index (χ4n) is 2.07. The van der Waals surface area contributed by atoms with Crippen LogP contribution in [-0.4, -0.2) is 24.1 Å². The molecule has 82 valence electrons. The third kappa shape index (κ3) is 2.40. The van der Waals surface area contributed by atoms with Crippen molar-refractivity contribution in [3.63, 3.8) is 0 Å². The maximum atomic E-state index is 5.88. The fourth-order valence-corrected chi connectivity index (χ4v) is 3.08. The highest BCUT2D eigenvalue weighted by atomic mass is 32.2. The lowest BCUT2D eigenvalue weighted by Gasteiger charge is -2.35. The number of nitrogen functional groups attached to an aromatic ring is 1. The van der Waals surface area contributed by atoms with Crippen molar-refractivity contribution < 1.29 is 0 Å². The molecule has 15 heavy (non-hydrogen) atoms. The van der Waals surface area contributed by atoms with Gasteiger partial charge in [0, 0.05) is 35.5 Å². The smallest absolute Gasteiger partial charge is 0.0392 e. The second-order valence-electron chi connectivity index (χ2n) is 4.22. The third-order valence-electron chi connectivity index (χ3n) is 2.78. The molecule has 2 rings (SSSR count). The topological polar surface area (TPSA) is 29.3 Å². The Morgan fingerprint density at radius 2 is 2.20 bits per heavy atom. The molecule has 1 saturated heterocycles. The van der Waals surface area contributed by atoms with Crippen LogP contribution < -0.4 is 10.6 Å². The van der Waals surface area contributed by atoms with Crippen molar-refractivity contribution >= 4 is 23.1 Å². The monoisotopic (exact) mass is 222 g/mol. The van der Waals surface area contributed by atoms with E-state index in [-0.39, 0.29) is 0 Å². The number of anilines is 2. The molecule has 0 bridgehead atoms. The molecule has 1 aliphatic rings. The molecule has 0 saturated carbocycles. The molecular formula is C12H18N2S. The van der Waals surface area contributed by atoms with Gasteiger partial charge in [-0.05, 0) is 37.6 Å². The van der Waals surface area contributed by atoms with Crippen LogP contribution in [0.25, 0.3) is 0 Å². The maximum absolute atomic E-state index is 5.88. The van der Waals surface area contributed by atoms with Crippen molar-refractivity contribution in [3.05, 3.63) is 23.8 Å². The van der Waals surface area contributed by atoms with E-state index < -0.39 is 0 Å². The summed E-state index contributed by atoms with van der Waals surface area (Å²) in [5, 5.41) is 0. The summed E-state index contributed by atoms with van der Waals surface area (Å²) in [4.78, 5) is 2.46. The van der Waals surface area contributed by atoms with E-state index in [1.165, 1.54) is 22.8 Å². The Morgan fingerprint density at radius 1 is 1.40 bits per heavy atom. The van der Waals surface area contributed by atoms with Crippen molar-refractivity contribution in [2.24, 2.45) is 0 Å². The van der Waals surface area contributed by atoms with Crippen LogP contribution in [-0.2, 0) is 0 Å². The van der Waals surface area contributed by atoms with Crippen molar-refractivity contribution in [3.8, 4) is 0 Å². The number of nitrogens with zero attached hydrogens (tertiary/aromatic N) is 1. The van der Waals surface area contributed by atoms with Gasteiger partial charge in [-0.1, -0.05) is 0 Å². The van der Waals surface area contributed by atoms with E-state index in [2.05, 4.69) is 30.9 Å². The Bertz CT molecular complexity index is 331. The van der Waals surface area contributed by atoms with E-state index >= 15 is 0 Å². The first-order valence-electron chi connectivity index (χ1n) is 5.38. The molecule has 1 atom stereocenters. The van der Waals surface area contributed by atoms with Gasteiger partial charge in [0.1, 0.15) is 0 Å². The van der Waals surface area contributed by atoms with Gasteiger partial charge in [-0.3, -0.25) is 0 Å². The van der Waals surface area contributed by atoms with Crippen molar-refractivity contribution in [1.82, 2.24) is 0 Å². The summed E-state index contributed by atoms with van der Waals surface area (Å²) < 4.78 is 0. The zero-order valence-corrected chi connectivity index (χ0v) is 10.2. The molecule has 0 radical (unpaired) electrons. The summed E-state index contributed by atoms with van der Waals surface area (Å²) >= 11 is 2.04. The first-order valence-corrected chi connectivity index (χ1v) is 6.54. The van der Waals surface area contributed by atoms with Gasteiger partial charge in [-0.15, -0.1) is 0 Å². The normalized spacial score (nSPS) is 21.7. The quantitative estimate of drug-likeness (QED) is 0.740. The minimum atomic E-state index is 0.616. The highest BCUT2D eigenvalue weighted by Crippen LogP contribution is 2.26. The molecule has 0 aliphatic carbocycles. The highest BCUT2D eigenvalue weighted by Gasteiger charge is 2.18. The summed E-state index contributed by atoms with van der Waals surface area (Å²) in [5.41, 5.74) is 9.27. The lowest BCUT2D eigenvalue weighted by molar-refractivity contribution is 0.700. The van der Waals surface area contributed by atoms with Crippen LogP contribution in [0.5, 0.6) is 0 Å². The number of benzene rings is 1. The molecule has 1 aromatic carbocycles. The average Bonchev–Trinajstić information content (AvgIpc) is 2.16. The first-order chi connectivity index (χ1) is 7.16. The Labute approximate surface area is 95.8 Å². The van der Waals surface area contributed by atoms with E-state index in [1.54, 1.807) is 0 Å². The number of rotatable bonds is 1. The van der Waals surface area contributed by atoms with Crippen LogP contribution in [0.2, 0.25) is 0 Å². The summed E-state index contributed by atoms with van der Waals surface area (Å²) in [6, 6.07) is 6.94. The molecular weight excluding hydrogens is 204 g/mol. The number of thioether (sulfide) groups is 1. The molecule has 1 unspecified atom stereocenters. The van der Waals surface area contributed by atoms with Crippen LogP contribution in [0.4, 0.5) is 11.4 Å². The third-order valence-corrected chi connectivity index (χ3v) is 3.97. The predicted octanol–water partition coefficient (Wildman–Crippen LogP) is 2.52. The number of hydrogen-bond acceptors (Lipinski definition) is 3. The molecule has 0 spiro atoms. The second kappa shape index (κ2) is 4.35. The van der Waals surface area contributed by atoms with Crippen LogP contribution in [0.1, 0.15) is 12.5 Å². The van der Waals surface area contributed by atoms with Gasteiger partial charge in [0.25, 0.3) is 0 Å². The van der Waals surface area contributed by atoms with Crippen LogP contribution in [0, 0.1) is 6.92 Å². The minimum Gasteiger partial charge on any atom is -0.399 e. The molecule has 1 aliphatic heterocycles. The summed E-state index contributed by atoms with van der Waals surface area (Å²) in [6.07, 6.45) is 0. The van der Waals surface area contributed by atoms with Crippen molar-refractivity contribution in [2.75, 3.05) is 28.7 Å². The van der Waals surface area contributed by atoms with E-state index in [9.17, 15) is 0 Å². The SMILES string of the molecule is Cc1cc(N)cc(N2CCSCC2C)c1. The van der Waals surface area contributed by atoms with Crippen LogP contribution in [0.15, 0.2) is 18.2 Å². The molecule has 0 aromatic heterocycles. The highest BCUT2D eigenvalue weighted by molar-refractivity contribution is 7.99. The number of nitrogens with two attached hydrogens (primary N) is 1. The summed E-state index contributed by atoms with van der Waals surface area (Å²) in [7, 11) is 0. The minimum absolute atomic E-state index is 0.616. The second-order valence-corrected chi connectivity index (χ2v) is 5.37. The van der Waals surface area contributed by atoms with Gasteiger partial charge in [0.2, 0.25) is 0 Å². The van der Waals surface area contributed by atoms with Gasteiger partial charge in [0.15, 0.2) is 0 Å². The zero-order valence-electron chi connectivity index (χ0n) is 9.36. The standard InChI is InChI=1S/C12H18N2S/c1-9-5-11(13)7-12(6-9)14-3-4-15-8-10(14)2/h5-7,10H,3-4,8,13H2,1-2H3.